The van der Waals surface area contributed by atoms with E-state index in [0.717, 1.165) is 32.6 Å². The third-order valence-electron chi connectivity index (χ3n) is 6.99. The van der Waals surface area contributed by atoms with Gasteiger partial charge in [-0.1, -0.05) is 49.0 Å². The largest absolute Gasteiger partial charge is 0.358 e. The minimum absolute atomic E-state index is 0. The Balaban J connectivity index is -0.0000000626. The smallest absolute Gasteiger partial charge is 0.0125 e. The van der Waals surface area contributed by atoms with Crippen LogP contribution in [0.3, 0.4) is 0 Å². The van der Waals surface area contributed by atoms with Gasteiger partial charge < -0.3 is 37.5 Å². The van der Waals surface area contributed by atoms with Crippen molar-refractivity contribution in [3.63, 3.8) is 0 Å². The van der Waals surface area contributed by atoms with E-state index in [2.05, 4.69) is 130 Å². The van der Waals surface area contributed by atoms with Crippen LogP contribution in [-0.2, 0) is 65.4 Å². The molecule has 0 spiro atoms. The minimum atomic E-state index is 0. The molecule has 0 unspecified atom stereocenters. The zero-order chi connectivity index (χ0) is 34.8. The Kier molecular flexibility index (Phi) is 54.2. The van der Waals surface area contributed by atoms with Crippen LogP contribution in [0.4, 0.5) is 0 Å². The molecule has 0 aliphatic carbocycles. The van der Waals surface area contributed by atoms with Crippen LogP contribution in [-0.4, -0.2) is 94.1 Å². The third kappa shape index (κ3) is 38.7. The Morgan fingerprint density at radius 1 is 0.467 bits per heavy atom. The molecule has 0 aromatic carbocycles. The van der Waals surface area contributed by atoms with Gasteiger partial charge in [0.2, 0.25) is 0 Å². The van der Waals surface area contributed by atoms with Crippen molar-refractivity contribution in [2.45, 2.75) is 180 Å². The predicted octanol–water partition coefficient (Wildman–Crippen LogP) is 11.0. The van der Waals surface area contributed by atoms with Gasteiger partial charge >= 0.3 is 0 Å². The van der Waals surface area contributed by atoms with E-state index in [1.807, 2.05) is 41.5 Å². The third-order valence-corrected chi connectivity index (χ3v) is 6.99. The quantitative estimate of drug-likeness (QED) is 0.257. The van der Waals surface area contributed by atoms with E-state index in [-0.39, 0.29) is 83.9 Å². The van der Waals surface area contributed by atoms with Gasteiger partial charge in [0.25, 0.3) is 0 Å². The molecule has 2 aliphatic heterocycles. The Morgan fingerprint density at radius 3 is 0.778 bits per heavy atom. The van der Waals surface area contributed by atoms with Crippen LogP contribution in [0.15, 0.2) is 0 Å². The fourth-order valence-electron chi connectivity index (χ4n) is 4.13. The number of hydrogen-bond acceptors (Lipinski definition) is 4. The summed E-state index contributed by atoms with van der Waals surface area (Å²) in [6.45, 7) is 62.9. The standard InChI is InChI=1S/C9H19N.2C8H17N.C7H15N.3C2H6.CH4.2Y/c1-6-8-10(7-2)9(3,4)5;1-8(2,3)9-6-4-5-7-9;1-6-9(7-2)8(3,4)5;1-7(2,3)8-5-4-6-8;3*1-2;;;/h1-2,6-8H2,3-5H3;4-7H2,1-3H3;1-2,6-7H2,3-5H3;4-6H2,1-3H3;3*1-2H3;1H4;;/q-2;;-2;;;;;;;. The summed E-state index contributed by atoms with van der Waals surface area (Å²) in [5, 5.41) is 0. The van der Waals surface area contributed by atoms with Gasteiger partial charge in [-0.25, -0.2) is 0 Å². The zero-order valence-corrected chi connectivity index (χ0v) is 39.9. The van der Waals surface area contributed by atoms with E-state index in [4.69, 9.17) is 0 Å². The van der Waals surface area contributed by atoms with Gasteiger partial charge in [-0.05, 0) is 135 Å². The molecule has 0 atom stereocenters. The van der Waals surface area contributed by atoms with Gasteiger partial charge in [0, 0.05) is 87.6 Å². The van der Waals surface area contributed by atoms with E-state index in [1.54, 1.807) is 0 Å². The van der Waals surface area contributed by atoms with Crippen LogP contribution >= 0.6 is 0 Å². The van der Waals surface area contributed by atoms with Crippen molar-refractivity contribution < 1.29 is 65.4 Å². The van der Waals surface area contributed by atoms with Gasteiger partial charge in [0.1, 0.15) is 0 Å². The molecule has 2 rings (SSSR count). The second-order valence-corrected chi connectivity index (χ2v) is 14.0. The first-order chi connectivity index (χ1) is 19.2. The van der Waals surface area contributed by atoms with Crippen LogP contribution in [0.25, 0.3) is 0 Å². The maximum Gasteiger partial charge on any atom is 0.0125 e. The van der Waals surface area contributed by atoms with Crippen LogP contribution in [0.5, 0.6) is 0 Å². The minimum Gasteiger partial charge on any atom is -0.358 e. The predicted molar refractivity (Wildman–Crippen MR) is 206 cm³/mol. The first kappa shape index (κ1) is 65.4. The molecule has 0 aromatic heterocycles. The molecule has 2 aliphatic rings. The molecule has 4 nitrogen and oxygen atoms in total. The molecule has 0 N–H and O–H groups in total. The molecule has 0 amide bonds. The fourth-order valence-corrected chi connectivity index (χ4v) is 4.13. The second kappa shape index (κ2) is 37.3. The SMILES string of the molecule is C.CC.CC.CC.CC(C)(C)N1CCC1.CC(C)(C)N1CCCC1.[CH2-]CCN(C[CH2-])C(C)(C)C.[CH2-]CN(C[CH2-])C(C)(C)C.[Y].[Y]. The van der Waals surface area contributed by atoms with Crippen molar-refractivity contribution in [1.29, 1.82) is 0 Å². The molecule has 0 saturated carbocycles. The van der Waals surface area contributed by atoms with Crippen molar-refractivity contribution in [1.82, 2.24) is 19.6 Å². The van der Waals surface area contributed by atoms with E-state index < -0.39 is 0 Å². The van der Waals surface area contributed by atoms with Crippen LogP contribution < -0.4 is 0 Å². The maximum atomic E-state index is 3.87. The molecule has 2 fully saturated rings. The summed E-state index contributed by atoms with van der Waals surface area (Å²) in [5.74, 6) is 0. The molecule has 0 aromatic rings. The number of hydrogen-bond donors (Lipinski definition) is 0. The van der Waals surface area contributed by atoms with Gasteiger partial charge in [0.15, 0.2) is 0 Å². The zero-order valence-electron chi connectivity index (χ0n) is 34.3. The second-order valence-electron chi connectivity index (χ2n) is 14.0. The summed E-state index contributed by atoms with van der Waals surface area (Å²) in [5.41, 5.74) is 1.32. The van der Waals surface area contributed by atoms with Crippen LogP contribution in [0.2, 0.25) is 0 Å². The van der Waals surface area contributed by atoms with E-state index in [0.29, 0.717) is 11.1 Å². The van der Waals surface area contributed by atoms with Gasteiger partial charge in [-0.15, -0.1) is 19.6 Å². The summed E-state index contributed by atoms with van der Waals surface area (Å²) < 4.78 is 0. The summed E-state index contributed by atoms with van der Waals surface area (Å²) in [6, 6.07) is 0. The molecule has 276 valence electrons. The average molecular weight is 793 g/mol. The Bertz CT molecular complexity index is 503. The van der Waals surface area contributed by atoms with Crippen molar-refractivity contribution in [2.75, 3.05) is 52.4 Å². The molecular formula is C39H90N4Y2-4. The van der Waals surface area contributed by atoms with Crippen LogP contribution in [0, 0.1) is 27.7 Å². The summed E-state index contributed by atoms with van der Waals surface area (Å²) in [4.78, 5) is 9.58. The Labute approximate surface area is 341 Å². The Hall–Kier alpha value is 2.05. The summed E-state index contributed by atoms with van der Waals surface area (Å²) in [6.07, 6.45) is 5.17. The molecular weight excluding hydrogens is 702 g/mol. The van der Waals surface area contributed by atoms with Gasteiger partial charge in [-0.3, -0.25) is 9.80 Å². The monoisotopic (exact) mass is 793 g/mol. The summed E-state index contributed by atoms with van der Waals surface area (Å²) in [7, 11) is 0. The van der Waals surface area contributed by atoms with Gasteiger partial charge in [-0.2, -0.15) is 6.42 Å². The van der Waals surface area contributed by atoms with Crippen LogP contribution in [0.1, 0.15) is 158 Å². The van der Waals surface area contributed by atoms with Gasteiger partial charge in [0.05, 0.1) is 0 Å². The molecule has 2 saturated heterocycles. The van der Waals surface area contributed by atoms with Crippen molar-refractivity contribution in [2.24, 2.45) is 0 Å². The van der Waals surface area contributed by atoms with Crippen molar-refractivity contribution in [3.8, 4) is 0 Å². The number of likely N-dealkylation sites (tertiary alicyclic amines) is 2. The molecule has 2 heterocycles. The average Bonchev–Trinajstić information content (AvgIpc) is 3.41. The maximum absolute atomic E-state index is 3.87. The van der Waals surface area contributed by atoms with E-state index in [1.165, 1.54) is 45.4 Å². The van der Waals surface area contributed by atoms with E-state index >= 15 is 0 Å². The molecule has 0 bridgehead atoms. The topological polar surface area (TPSA) is 13.0 Å². The Morgan fingerprint density at radius 2 is 0.711 bits per heavy atom. The number of rotatable bonds is 5. The molecule has 45 heavy (non-hydrogen) atoms. The summed E-state index contributed by atoms with van der Waals surface area (Å²) >= 11 is 0. The molecule has 2 radical (unpaired) electrons. The first-order valence-corrected chi connectivity index (χ1v) is 17.4. The van der Waals surface area contributed by atoms with E-state index in [9.17, 15) is 0 Å². The fraction of sp³-hybridized carbons (Fsp3) is 0.897. The molecule has 6 heteroatoms. The van der Waals surface area contributed by atoms with Crippen molar-refractivity contribution >= 4 is 0 Å². The normalized spacial score (nSPS) is 14.4. The first-order valence-electron chi connectivity index (χ1n) is 17.4. The number of nitrogens with zero attached hydrogens (tertiary/aromatic N) is 4. The van der Waals surface area contributed by atoms with Crippen molar-refractivity contribution in [3.05, 3.63) is 27.7 Å².